The largest absolute Gasteiger partial charge is 0.452 e. The average molecular weight is 371 g/mol. The van der Waals surface area contributed by atoms with Crippen LogP contribution in [0.2, 0.25) is 0 Å². The van der Waals surface area contributed by atoms with E-state index in [2.05, 4.69) is 0 Å². The van der Waals surface area contributed by atoms with Gasteiger partial charge in [0, 0.05) is 13.1 Å². The third-order valence-electron chi connectivity index (χ3n) is 3.83. The maximum atomic E-state index is 12.4. The normalized spacial score (nSPS) is 16.8. The Kier molecular flexibility index (Phi) is 7.41. The van der Waals surface area contributed by atoms with Crippen LogP contribution in [0.1, 0.15) is 47.5 Å². The quantitative estimate of drug-likeness (QED) is 0.719. The second-order valence-electron chi connectivity index (χ2n) is 7.70. The van der Waals surface area contributed by atoms with Gasteiger partial charge in [-0.1, -0.05) is 13.8 Å². The van der Waals surface area contributed by atoms with Crippen LogP contribution in [0, 0.1) is 11.8 Å². The van der Waals surface area contributed by atoms with Crippen LogP contribution in [0.3, 0.4) is 0 Å². The fourth-order valence-corrected chi connectivity index (χ4v) is 2.53. The van der Waals surface area contributed by atoms with E-state index < -0.39 is 41.6 Å². The van der Waals surface area contributed by atoms with Crippen LogP contribution in [0.25, 0.3) is 0 Å². The Bertz CT molecular complexity index is 547. The molecule has 1 aliphatic heterocycles. The van der Waals surface area contributed by atoms with Crippen LogP contribution in [0.5, 0.6) is 0 Å². The van der Waals surface area contributed by atoms with Gasteiger partial charge in [0.05, 0.1) is 5.92 Å². The van der Waals surface area contributed by atoms with E-state index in [9.17, 15) is 19.2 Å². The molecule has 0 unspecified atom stereocenters. The summed E-state index contributed by atoms with van der Waals surface area (Å²) in [6.07, 6.45) is -0.676. The minimum Gasteiger partial charge on any atom is -0.452 e. The highest BCUT2D eigenvalue weighted by Crippen LogP contribution is 2.22. The Morgan fingerprint density at radius 3 is 2.08 bits per heavy atom. The molecule has 0 aromatic heterocycles. The number of imide groups is 1. The lowest BCUT2D eigenvalue weighted by atomic mass is 9.97. The van der Waals surface area contributed by atoms with Gasteiger partial charge in [0.1, 0.15) is 5.60 Å². The number of hydrogen-bond acceptors (Lipinski definition) is 6. The van der Waals surface area contributed by atoms with Crippen LogP contribution < -0.4 is 11.1 Å². The fraction of sp³-hybridized carbons (Fsp3) is 0.765. The van der Waals surface area contributed by atoms with Gasteiger partial charge in [0.25, 0.3) is 5.91 Å². The highest BCUT2D eigenvalue weighted by molar-refractivity contribution is 5.96. The van der Waals surface area contributed by atoms with E-state index >= 15 is 0 Å². The van der Waals surface area contributed by atoms with E-state index in [0.717, 1.165) is 0 Å². The number of rotatable bonds is 4. The first-order valence-corrected chi connectivity index (χ1v) is 8.69. The topological polar surface area (TPSA) is 128 Å². The number of esters is 1. The summed E-state index contributed by atoms with van der Waals surface area (Å²) in [5, 5.41) is 1.93. The van der Waals surface area contributed by atoms with Gasteiger partial charge in [-0.05, 0) is 39.5 Å². The lowest BCUT2D eigenvalue weighted by Crippen LogP contribution is -2.47. The van der Waals surface area contributed by atoms with Crippen molar-refractivity contribution in [3.8, 4) is 0 Å². The number of urea groups is 1. The number of nitrogens with zero attached hydrogens (tertiary/aromatic N) is 1. The standard InChI is InChI=1S/C17H29N3O6/c1-10(2)12(13(21)19-15(18)23)25-14(22)11-6-8-20(9-7-11)16(24)26-17(3,4)5/h10-12H,6-9H2,1-5H3,(H3,18,19,21,23)/t12-/m0/s1. The lowest BCUT2D eigenvalue weighted by molar-refractivity contribution is -0.163. The summed E-state index contributed by atoms with van der Waals surface area (Å²) < 4.78 is 10.6. The highest BCUT2D eigenvalue weighted by Gasteiger charge is 2.34. The maximum Gasteiger partial charge on any atom is 0.410 e. The molecule has 148 valence electrons. The zero-order valence-corrected chi connectivity index (χ0v) is 16.0. The molecule has 9 nitrogen and oxygen atoms in total. The van der Waals surface area contributed by atoms with E-state index in [1.807, 2.05) is 5.32 Å². The molecule has 1 fully saturated rings. The summed E-state index contributed by atoms with van der Waals surface area (Å²) in [4.78, 5) is 48.7. The van der Waals surface area contributed by atoms with Crippen LogP contribution in [0.4, 0.5) is 9.59 Å². The van der Waals surface area contributed by atoms with Crippen LogP contribution in [-0.4, -0.2) is 53.7 Å². The van der Waals surface area contributed by atoms with Gasteiger partial charge in [-0.3, -0.25) is 14.9 Å². The minimum atomic E-state index is -1.10. The van der Waals surface area contributed by atoms with E-state index in [1.54, 1.807) is 39.5 Å². The van der Waals surface area contributed by atoms with Gasteiger partial charge in [0.2, 0.25) is 0 Å². The zero-order valence-electron chi connectivity index (χ0n) is 16.0. The number of likely N-dealkylation sites (tertiary alicyclic amines) is 1. The highest BCUT2D eigenvalue weighted by atomic mass is 16.6. The summed E-state index contributed by atoms with van der Waals surface area (Å²) in [5.41, 5.74) is 4.35. The molecule has 26 heavy (non-hydrogen) atoms. The second-order valence-corrected chi connectivity index (χ2v) is 7.70. The number of primary amides is 1. The number of nitrogens with two attached hydrogens (primary N) is 1. The summed E-state index contributed by atoms with van der Waals surface area (Å²) in [7, 11) is 0. The third kappa shape index (κ3) is 6.89. The summed E-state index contributed by atoms with van der Waals surface area (Å²) in [5.74, 6) is -2.00. The van der Waals surface area contributed by atoms with E-state index in [0.29, 0.717) is 25.9 Å². The molecule has 1 rings (SSSR count). The Balaban J connectivity index is 2.58. The first kappa shape index (κ1) is 21.7. The molecule has 1 saturated heterocycles. The average Bonchev–Trinajstić information content (AvgIpc) is 2.49. The molecule has 3 N–H and O–H groups in total. The van der Waals surface area contributed by atoms with Crippen molar-refractivity contribution in [3.05, 3.63) is 0 Å². The molecule has 1 heterocycles. The second kappa shape index (κ2) is 8.86. The predicted molar refractivity (Wildman–Crippen MR) is 93.0 cm³/mol. The molecule has 0 saturated carbocycles. The van der Waals surface area contributed by atoms with E-state index in [-0.39, 0.29) is 5.92 Å². The van der Waals surface area contributed by atoms with Gasteiger partial charge >= 0.3 is 18.1 Å². The van der Waals surface area contributed by atoms with Crippen molar-refractivity contribution in [3.63, 3.8) is 0 Å². The molecule has 0 spiro atoms. The summed E-state index contributed by atoms with van der Waals surface area (Å²) in [6, 6.07) is -0.998. The first-order chi connectivity index (χ1) is 11.9. The van der Waals surface area contributed by atoms with Crippen molar-refractivity contribution in [2.45, 2.75) is 59.2 Å². The number of carbonyl (C=O) groups is 4. The van der Waals surface area contributed by atoms with Gasteiger partial charge < -0.3 is 20.1 Å². The van der Waals surface area contributed by atoms with Crippen molar-refractivity contribution < 1.29 is 28.7 Å². The predicted octanol–water partition coefficient (Wildman–Crippen LogP) is 1.40. The molecule has 4 amide bonds. The molecular formula is C17H29N3O6. The van der Waals surface area contributed by atoms with Crippen molar-refractivity contribution in [1.82, 2.24) is 10.2 Å². The van der Waals surface area contributed by atoms with Crippen molar-refractivity contribution in [2.75, 3.05) is 13.1 Å². The van der Waals surface area contributed by atoms with Gasteiger partial charge in [-0.25, -0.2) is 9.59 Å². The first-order valence-electron chi connectivity index (χ1n) is 8.69. The Labute approximate surface area is 153 Å². The summed E-state index contributed by atoms with van der Waals surface area (Å²) >= 11 is 0. The monoisotopic (exact) mass is 371 g/mol. The molecule has 0 radical (unpaired) electrons. The molecular weight excluding hydrogens is 342 g/mol. The molecule has 1 aliphatic rings. The van der Waals surface area contributed by atoms with E-state index in [4.69, 9.17) is 15.2 Å². The van der Waals surface area contributed by atoms with Crippen molar-refractivity contribution in [2.24, 2.45) is 17.6 Å². The van der Waals surface area contributed by atoms with Gasteiger partial charge in [-0.15, -0.1) is 0 Å². The van der Waals surface area contributed by atoms with Crippen molar-refractivity contribution in [1.29, 1.82) is 0 Å². The Hall–Kier alpha value is -2.32. The fourth-order valence-electron chi connectivity index (χ4n) is 2.53. The lowest BCUT2D eigenvalue weighted by Gasteiger charge is -2.33. The summed E-state index contributed by atoms with van der Waals surface area (Å²) in [6.45, 7) is 9.50. The van der Waals surface area contributed by atoms with Gasteiger partial charge in [0.15, 0.2) is 6.10 Å². The van der Waals surface area contributed by atoms with Crippen LogP contribution in [0.15, 0.2) is 0 Å². The molecule has 1 atom stereocenters. The molecule has 0 aromatic carbocycles. The minimum absolute atomic E-state index is 0.319. The third-order valence-corrected chi connectivity index (χ3v) is 3.83. The Morgan fingerprint density at radius 1 is 1.12 bits per heavy atom. The molecule has 0 aliphatic carbocycles. The number of nitrogens with one attached hydrogen (secondary N) is 1. The molecule has 0 bridgehead atoms. The number of amides is 4. The van der Waals surface area contributed by atoms with Crippen LogP contribution >= 0.6 is 0 Å². The molecule has 0 aromatic rings. The van der Waals surface area contributed by atoms with Crippen molar-refractivity contribution >= 4 is 24.0 Å². The SMILES string of the molecule is CC(C)[C@H](OC(=O)C1CCN(C(=O)OC(C)(C)C)CC1)C(=O)NC(N)=O. The smallest absolute Gasteiger partial charge is 0.410 e. The molecule has 9 heteroatoms. The number of hydrogen-bond donors (Lipinski definition) is 2. The number of piperidine rings is 1. The van der Waals surface area contributed by atoms with Crippen LogP contribution in [-0.2, 0) is 19.1 Å². The zero-order chi connectivity index (χ0) is 20.1. The number of carbonyl (C=O) groups excluding carboxylic acids is 4. The van der Waals surface area contributed by atoms with E-state index in [1.165, 1.54) is 0 Å². The van der Waals surface area contributed by atoms with Gasteiger partial charge in [-0.2, -0.15) is 0 Å². The Morgan fingerprint density at radius 2 is 1.65 bits per heavy atom. The number of ether oxygens (including phenoxy) is 2. The maximum absolute atomic E-state index is 12.4.